The van der Waals surface area contributed by atoms with E-state index >= 15 is 0 Å². The molecule has 0 spiro atoms. The SMILES string of the molecule is CC(=O)SCCCCCCNC(=O)c1cc(-c2cccnc2)n[nH]1. The van der Waals surface area contributed by atoms with Gasteiger partial charge in [-0.1, -0.05) is 24.6 Å². The van der Waals surface area contributed by atoms with Gasteiger partial charge in [-0.3, -0.25) is 19.7 Å². The fourth-order valence-corrected chi connectivity index (χ4v) is 2.83. The number of aromatic amines is 1. The fourth-order valence-electron chi connectivity index (χ4n) is 2.19. The van der Waals surface area contributed by atoms with E-state index in [1.807, 2.05) is 12.1 Å². The van der Waals surface area contributed by atoms with Gasteiger partial charge in [0.2, 0.25) is 0 Å². The number of H-pyrrole nitrogens is 1. The Kier molecular flexibility index (Phi) is 7.48. The van der Waals surface area contributed by atoms with Crippen LogP contribution in [0.15, 0.2) is 30.6 Å². The highest BCUT2D eigenvalue weighted by atomic mass is 32.2. The van der Waals surface area contributed by atoms with Gasteiger partial charge in [-0.05, 0) is 31.0 Å². The number of aromatic nitrogens is 3. The molecule has 0 aromatic carbocycles. The summed E-state index contributed by atoms with van der Waals surface area (Å²) in [4.78, 5) is 26.9. The van der Waals surface area contributed by atoms with Gasteiger partial charge in [-0.15, -0.1) is 0 Å². The van der Waals surface area contributed by atoms with Gasteiger partial charge in [0, 0.05) is 37.2 Å². The van der Waals surface area contributed by atoms with Gasteiger partial charge in [-0.2, -0.15) is 5.10 Å². The first-order chi connectivity index (χ1) is 11.7. The van der Waals surface area contributed by atoms with Crippen molar-refractivity contribution < 1.29 is 9.59 Å². The molecule has 24 heavy (non-hydrogen) atoms. The zero-order chi connectivity index (χ0) is 17.2. The van der Waals surface area contributed by atoms with E-state index in [9.17, 15) is 9.59 Å². The van der Waals surface area contributed by atoms with Crippen molar-refractivity contribution in [3.63, 3.8) is 0 Å². The number of rotatable bonds is 9. The first kappa shape index (κ1) is 18.2. The second-order valence-electron chi connectivity index (χ2n) is 5.42. The van der Waals surface area contributed by atoms with Crippen molar-refractivity contribution in [3.05, 3.63) is 36.3 Å². The highest BCUT2D eigenvalue weighted by Crippen LogP contribution is 2.15. The number of nitrogens with one attached hydrogen (secondary N) is 2. The van der Waals surface area contributed by atoms with Gasteiger partial charge in [0.05, 0.1) is 5.69 Å². The molecule has 2 aromatic rings. The van der Waals surface area contributed by atoms with E-state index < -0.39 is 0 Å². The highest BCUT2D eigenvalue weighted by molar-refractivity contribution is 8.13. The molecule has 2 rings (SSSR count). The summed E-state index contributed by atoms with van der Waals surface area (Å²) in [5.74, 6) is 0.734. The lowest BCUT2D eigenvalue weighted by Crippen LogP contribution is -2.24. The van der Waals surface area contributed by atoms with Crippen LogP contribution in [0.25, 0.3) is 11.3 Å². The zero-order valence-corrected chi connectivity index (χ0v) is 14.6. The third-order valence-electron chi connectivity index (χ3n) is 3.44. The maximum absolute atomic E-state index is 12.1. The summed E-state index contributed by atoms with van der Waals surface area (Å²) in [6.07, 6.45) is 7.49. The second-order valence-corrected chi connectivity index (χ2v) is 6.69. The lowest BCUT2D eigenvalue weighted by molar-refractivity contribution is -0.109. The van der Waals surface area contributed by atoms with E-state index in [0.29, 0.717) is 17.9 Å². The van der Waals surface area contributed by atoms with Gasteiger partial charge in [-0.25, -0.2) is 0 Å². The number of pyridine rings is 1. The Labute approximate surface area is 145 Å². The predicted octanol–water partition coefficient (Wildman–Crippen LogP) is 3.04. The number of amides is 1. The van der Waals surface area contributed by atoms with Crippen LogP contribution in [0.2, 0.25) is 0 Å². The molecule has 0 radical (unpaired) electrons. The fraction of sp³-hybridized carbons (Fsp3) is 0.412. The van der Waals surface area contributed by atoms with Crippen LogP contribution in [0, 0.1) is 0 Å². The van der Waals surface area contributed by atoms with Crippen molar-refractivity contribution in [2.75, 3.05) is 12.3 Å². The topological polar surface area (TPSA) is 87.7 Å². The van der Waals surface area contributed by atoms with Crippen molar-refractivity contribution in [2.24, 2.45) is 0 Å². The summed E-state index contributed by atoms with van der Waals surface area (Å²) in [5, 5.41) is 9.96. The summed E-state index contributed by atoms with van der Waals surface area (Å²) in [5.41, 5.74) is 2.03. The Morgan fingerprint density at radius 3 is 2.83 bits per heavy atom. The number of unbranched alkanes of at least 4 members (excludes halogenated alkanes) is 3. The molecule has 2 heterocycles. The minimum Gasteiger partial charge on any atom is -0.351 e. The van der Waals surface area contributed by atoms with Crippen molar-refractivity contribution in [1.29, 1.82) is 0 Å². The number of nitrogens with zero attached hydrogens (tertiary/aromatic N) is 2. The molecule has 0 saturated carbocycles. The van der Waals surface area contributed by atoms with Crippen molar-refractivity contribution in [2.45, 2.75) is 32.6 Å². The smallest absolute Gasteiger partial charge is 0.269 e. The van der Waals surface area contributed by atoms with Gasteiger partial charge < -0.3 is 5.32 Å². The van der Waals surface area contributed by atoms with Gasteiger partial charge in [0.1, 0.15) is 5.69 Å². The average Bonchev–Trinajstić information content (AvgIpc) is 3.08. The van der Waals surface area contributed by atoms with Gasteiger partial charge in [0.25, 0.3) is 5.91 Å². The molecule has 0 aliphatic heterocycles. The van der Waals surface area contributed by atoms with Crippen LogP contribution in [0.1, 0.15) is 43.1 Å². The van der Waals surface area contributed by atoms with E-state index in [1.165, 1.54) is 11.8 Å². The molecule has 128 valence electrons. The maximum atomic E-state index is 12.1. The first-order valence-electron chi connectivity index (χ1n) is 8.04. The molecule has 0 unspecified atom stereocenters. The molecule has 0 fully saturated rings. The Hall–Kier alpha value is -2.15. The van der Waals surface area contributed by atoms with E-state index in [1.54, 1.807) is 25.4 Å². The molecule has 1 amide bonds. The van der Waals surface area contributed by atoms with Gasteiger partial charge >= 0.3 is 0 Å². The van der Waals surface area contributed by atoms with Crippen LogP contribution in [0.3, 0.4) is 0 Å². The Morgan fingerprint density at radius 1 is 1.25 bits per heavy atom. The largest absolute Gasteiger partial charge is 0.351 e. The Balaban J connectivity index is 1.65. The van der Waals surface area contributed by atoms with Crippen LogP contribution >= 0.6 is 11.8 Å². The summed E-state index contributed by atoms with van der Waals surface area (Å²) in [7, 11) is 0. The van der Waals surface area contributed by atoms with Crippen molar-refractivity contribution >= 4 is 22.8 Å². The lowest BCUT2D eigenvalue weighted by Gasteiger charge is -2.03. The minimum atomic E-state index is -0.148. The van der Waals surface area contributed by atoms with Crippen LogP contribution < -0.4 is 5.32 Å². The average molecular weight is 346 g/mol. The molecule has 7 heteroatoms. The number of hydrogen-bond acceptors (Lipinski definition) is 5. The van der Waals surface area contributed by atoms with Gasteiger partial charge in [0.15, 0.2) is 5.12 Å². The molecule has 0 aliphatic carbocycles. The zero-order valence-electron chi connectivity index (χ0n) is 13.7. The third-order valence-corrected chi connectivity index (χ3v) is 4.34. The third kappa shape index (κ3) is 6.16. The molecule has 0 atom stereocenters. The van der Waals surface area contributed by atoms with E-state index in [-0.39, 0.29) is 11.0 Å². The number of carbonyl (C=O) groups excluding carboxylic acids is 2. The van der Waals surface area contributed by atoms with Crippen LogP contribution in [-0.2, 0) is 4.79 Å². The van der Waals surface area contributed by atoms with E-state index in [4.69, 9.17) is 0 Å². The summed E-state index contributed by atoms with van der Waals surface area (Å²) >= 11 is 1.37. The van der Waals surface area contributed by atoms with Crippen LogP contribution in [0.4, 0.5) is 0 Å². The van der Waals surface area contributed by atoms with Crippen molar-refractivity contribution in [3.8, 4) is 11.3 Å². The second kappa shape index (κ2) is 9.87. The Bertz CT molecular complexity index is 658. The molecule has 0 bridgehead atoms. The molecular weight excluding hydrogens is 324 g/mol. The van der Waals surface area contributed by atoms with Crippen LogP contribution in [0.5, 0.6) is 0 Å². The number of carbonyl (C=O) groups is 2. The monoisotopic (exact) mass is 346 g/mol. The standard InChI is InChI=1S/C17H22N4O2S/c1-13(22)24-10-5-3-2-4-9-19-17(23)16-11-15(20-21-16)14-7-6-8-18-12-14/h6-8,11-12H,2-5,9-10H2,1H3,(H,19,23)(H,20,21). The summed E-state index contributed by atoms with van der Waals surface area (Å²) < 4.78 is 0. The normalized spacial score (nSPS) is 10.5. The van der Waals surface area contributed by atoms with Crippen LogP contribution in [-0.4, -0.2) is 38.5 Å². The number of thioether (sulfide) groups is 1. The highest BCUT2D eigenvalue weighted by Gasteiger charge is 2.10. The number of hydrogen-bond donors (Lipinski definition) is 2. The maximum Gasteiger partial charge on any atom is 0.269 e. The molecule has 2 aromatic heterocycles. The van der Waals surface area contributed by atoms with E-state index in [0.717, 1.165) is 37.0 Å². The Morgan fingerprint density at radius 2 is 2.08 bits per heavy atom. The minimum absolute atomic E-state index is 0.148. The first-order valence-corrected chi connectivity index (χ1v) is 9.03. The predicted molar refractivity (Wildman–Crippen MR) is 95.8 cm³/mol. The molecule has 2 N–H and O–H groups in total. The van der Waals surface area contributed by atoms with Crippen molar-refractivity contribution in [1.82, 2.24) is 20.5 Å². The molecule has 6 nitrogen and oxygen atoms in total. The molecule has 0 aliphatic rings. The molecule has 0 saturated heterocycles. The summed E-state index contributed by atoms with van der Waals surface area (Å²) in [6, 6.07) is 5.46. The summed E-state index contributed by atoms with van der Waals surface area (Å²) in [6.45, 7) is 2.23. The quantitative estimate of drug-likeness (QED) is 0.681. The van der Waals surface area contributed by atoms with E-state index in [2.05, 4.69) is 20.5 Å². The molecular formula is C17H22N4O2S. The lowest BCUT2D eigenvalue weighted by atomic mass is 10.2.